The van der Waals surface area contributed by atoms with Gasteiger partial charge in [0.2, 0.25) is 0 Å². The summed E-state index contributed by atoms with van der Waals surface area (Å²) in [6.07, 6.45) is 5.24. The molecule has 2 saturated carbocycles. The molecule has 2 aliphatic carbocycles. The van der Waals surface area contributed by atoms with Crippen molar-refractivity contribution in [2.45, 2.75) is 64.3 Å². The van der Waals surface area contributed by atoms with E-state index >= 15 is 0 Å². The molecule has 182 valence electrons. The molecule has 1 heterocycles. The van der Waals surface area contributed by atoms with Gasteiger partial charge < -0.3 is 14.8 Å². The fraction of sp³-hybridized carbons (Fsp3) is 0.552. The van der Waals surface area contributed by atoms with Crippen LogP contribution in [-0.4, -0.2) is 42.1 Å². The first kappa shape index (κ1) is 23.4. The zero-order valence-electron chi connectivity index (χ0n) is 20.7. The molecule has 0 bridgehead atoms. The van der Waals surface area contributed by atoms with Gasteiger partial charge in [0.1, 0.15) is 24.7 Å². The fourth-order valence-corrected chi connectivity index (χ4v) is 5.95. The molecule has 5 heteroatoms. The van der Waals surface area contributed by atoms with Crippen LogP contribution in [-0.2, 0) is 4.74 Å². The van der Waals surface area contributed by atoms with Gasteiger partial charge in [0, 0.05) is 24.2 Å². The number of hydrogen-bond acceptors (Lipinski definition) is 4. The molecule has 3 fully saturated rings. The van der Waals surface area contributed by atoms with Gasteiger partial charge in [-0.15, -0.1) is 0 Å². The number of hydrogen-bond donors (Lipinski definition) is 1. The molecule has 5 rings (SSSR count). The van der Waals surface area contributed by atoms with Crippen molar-refractivity contribution in [1.29, 1.82) is 0 Å². The smallest absolute Gasteiger partial charge is 0.251 e. The van der Waals surface area contributed by atoms with Crippen molar-refractivity contribution in [3.8, 4) is 5.75 Å². The molecule has 2 aromatic rings. The maximum Gasteiger partial charge on any atom is 0.251 e. The number of fused-ring (bicyclic) bond motifs is 1. The normalized spacial score (nSPS) is 28.5. The summed E-state index contributed by atoms with van der Waals surface area (Å²) < 4.78 is 12.5. The minimum absolute atomic E-state index is 0.00278. The maximum absolute atomic E-state index is 12.5. The van der Waals surface area contributed by atoms with Crippen molar-refractivity contribution < 1.29 is 14.3 Å². The summed E-state index contributed by atoms with van der Waals surface area (Å²) in [7, 11) is 0. The van der Waals surface area contributed by atoms with Gasteiger partial charge in [-0.05, 0) is 87.6 Å². The average Bonchev–Trinajstić information content (AvgIpc) is 3.19. The van der Waals surface area contributed by atoms with Gasteiger partial charge in [0.25, 0.3) is 5.91 Å². The van der Waals surface area contributed by atoms with Crippen LogP contribution < -0.4 is 10.1 Å². The minimum atomic E-state index is -0.0731. The zero-order chi connectivity index (χ0) is 23.7. The number of nitrogens with zero attached hydrogens (tertiary/aromatic N) is 1. The molecule has 3 aliphatic rings. The van der Waals surface area contributed by atoms with Crippen molar-refractivity contribution in [1.82, 2.24) is 10.2 Å². The van der Waals surface area contributed by atoms with Crippen molar-refractivity contribution in [3.63, 3.8) is 0 Å². The van der Waals surface area contributed by atoms with Crippen LogP contribution >= 0.6 is 0 Å². The molecule has 0 aromatic heterocycles. The Morgan fingerprint density at radius 2 is 1.76 bits per heavy atom. The molecule has 2 aromatic carbocycles. The molecular formula is C29H38N2O3. The maximum atomic E-state index is 12.5. The summed E-state index contributed by atoms with van der Waals surface area (Å²) in [5.41, 5.74) is 1.84. The summed E-state index contributed by atoms with van der Waals surface area (Å²) in [4.78, 5) is 14.9. The Morgan fingerprint density at radius 3 is 2.44 bits per heavy atom. The molecular weight excluding hydrogens is 424 g/mol. The molecule has 4 atom stereocenters. The Labute approximate surface area is 203 Å². The molecule has 5 nitrogen and oxygen atoms in total. The molecule has 1 N–H and O–H groups in total. The zero-order valence-corrected chi connectivity index (χ0v) is 20.7. The Balaban J connectivity index is 1.10. The van der Waals surface area contributed by atoms with Gasteiger partial charge in [0.05, 0.1) is 0 Å². The molecule has 4 unspecified atom stereocenters. The predicted molar refractivity (Wildman–Crippen MR) is 134 cm³/mol. The standard InChI is InChI=1S/C29H38N2O3/c1-29(2,3)31-18-23(34-28(31)21-8-5-4-6-9-21)19-33-22-14-12-20(13-15-22)27(32)30-17-16-26-24-10-7-11-25(24)26/h4-6,8-9,12-15,23-26,28H,7,10-11,16-19H2,1-3H3,(H,30,32). The molecule has 34 heavy (non-hydrogen) atoms. The average molecular weight is 463 g/mol. The molecule has 0 spiro atoms. The highest BCUT2D eigenvalue weighted by Gasteiger charge is 2.51. The van der Waals surface area contributed by atoms with Gasteiger partial charge in [-0.1, -0.05) is 36.8 Å². The monoisotopic (exact) mass is 462 g/mol. The van der Waals surface area contributed by atoms with Crippen LogP contribution in [0, 0.1) is 17.8 Å². The lowest BCUT2D eigenvalue weighted by Gasteiger charge is -2.35. The lowest BCUT2D eigenvalue weighted by molar-refractivity contribution is -0.0398. The second kappa shape index (κ2) is 9.71. The highest BCUT2D eigenvalue weighted by Crippen LogP contribution is 2.58. The van der Waals surface area contributed by atoms with Gasteiger partial charge in [0.15, 0.2) is 0 Å². The predicted octanol–water partition coefficient (Wildman–Crippen LogP) is 5.43. The van der Waals surface area contributed by atoms with E-state index in [2.05, 4.69) is 55.3 Å². The third kappa shape index (κ3) is 5.16. The highest BCUT2D eigenvalue weighted by atomic mass is 16.6. The molecule has 1 saturated heterocycles. The molecule has 1 amide bonds. The van der Waals surface area contributed by atoms with Crippen LogP contribution in [0.15, 0.2) is 54.6 Å². The van der Waals surface area contributed by atoms with E-state index in [-0.39, 0.29) is 23.8 Å². The van der Waals surface area contributed by atoms with Crippen LogP contribution in [0.2, 0.25) is 0 Å². The summed E-state index contributed by atoms with van der Waals surface area (Å²) in [6, 6.07) is 17.8. The highest BCUT2D eigenvalue weighted by molar-refractivity contribution is 5.94. The second-order valence-corrected chi connectivity index (χ2v) is 11.1. The van der Waals surface area contributed by atoms with E-state index in [1.54, 1.807) is 0 Å². The topological polar surface area (TPSA) is 50.8 Å². The minimum Gasteiger partial charge on any atom is -0.491 e. The second-order valence-electron chi connectivity index (χ2n) is 11.1. The van der Waals surface area contributed by atoms with E-state index in [0.717, 1.165) is 43.0 Å². The van der Waals surface area contributed by atoms with Crippen LogP contribution in [0.25, 0.3) is 0 Å². The first-order valence-electron chi connectivity index (χ1n) is 12.9. The Kier molecular flexibility index (Phi) is 6.67. The summed E-state index contributed by atoms with van der Waals surface area (Å²) in [5, 5.41) is 3.09. The van der Waals surface area contributed by atoms with E-state index in [1.165, 1.54) is 24.8 Å². The number of carbonyl (C=O) groups is 1. The first-order valence-corrected chi connectivity index (χ1v) is 12.9. The van der Waals surface area contributed by atoms with E-state index < -0.39 is 0 Å². The van der Waals surface area contributed by atoms with Crippen LogP contribution in [0.1, 0.15) is 68.6 Å². The first-order chi connectivity index (χ1) is 16.4. The van der Waals surface area contributed by atoms with E-state index in [4.69, 9.17) is 9.47 Å². The number of nitrogens with one attached hydrogen (secondary N) is 1. The summed E-state index contributed by atoms with van der Waals surface area (Å²) >= 11 is 0. The van der Waals surface area contributed by atoms with Crippen molar-refractivity contribution in [2.24, 2.45) is 17.8 Å². The van der Waals surface area contributed by atoms with Gasteiger partial charge >= 0.3 is 0 Å². The number of ether oxygens (including phenoxy) is 2. The Morgan fingerprint density at radius 1 is 1.06 bits per heavy atom. The van der Waals surface area contributed by atoms with Crippen LogP contribution in [0.3, 0.4) is 0 Å². The fourth-order valence-electron chi connectivity index (χ4n) is 5.95. The van der Waals surface area contributed by atoms with Gasteiger partial charge in [-0.3, -0.25) is 9.69 Å². The van der Waals surface area contributed by atoms with E-state index in [0.29, 0.717) is 12.2 Å². The third-order valence-corrected chi connectivity index (χ3v) is 7.85. The quantitative estimate of drug-likeness (QED) is 0.568. The van der Waals surface area contributed by atoms with Crippen LogP contribution in [0.4, 0.5) is 0 Å². The lowest BCUT2D eigenvalue weighted by Crippen LogP contribution is -2.42. The number of carbonyl (C=O) groups excluding carboxylic acids is 1. The van der Waals surface area contributed by atoms with Gasteiger partial charge in [-0.25, -0.2) is 0 Å². The van der Waals surface area contributed by atoms with Crippen LogP contribution in [0.5, 0.6) is 5.75 Å². The third-order valence-electron chi connectivity index (χ3n) is 7.85. The SMILES string of the molecule is CC(C)(C)N1CC(COc2ccc(C(=O)NCCC3C4CCCC43)cc2)OC1c1ccccc1. The molecule has 1 aliphatic heterocycles. The van der Waals surface area contributed by atoms with E-state index in [1.807, 2.05) is 30.3 Å². The van der Waals surface area contributed by atoms with Gasteiger partial charge in [-0.2, -0.15) is 0 Å². The Bertz CT molecular complexity index is 959. The number of benzene rings is 2. The van der Waals surface area contributed by atoms with E-state index in [9.17, 15) is 4.79 Å². The van der Waals surface area contributed by atoms with Crippen molar-refractivity contribution >= 4 is 5.91 Å². The molecule has 0 radical (unpaired) electrons. The summed E-state index contributed by atoms with van der Waals surface area (Å²) in [6.45, 7) is 8.72. The largest absolute Gasteiger partial charge is 0.491 e. The Hall–Kier alpha value is -2.37. The summed E-state index contributed by atoms with van der Waals surface area (Å²) in [5.74, 6) is 3.53. The lowest BCUT2D eigenvalue weighted by atomic mass is 10.0. The van der Waals surface area contributed by atoms with Crippen molar-refractivity contribution in [3.05, 3.63) is 65.7 Å². The number of amides is 1. The number of rotatable bonds is 8. The van der Waals surface area contributed by atoms with Crippen molar-refractivity contribution in [2.75, 3.05) is 19.7 Å².